The fourth-order valence-electron chi connectivity index (χ4n) is 3.33. The predicted octanol–water partition coefficient (Wildman–Crippen LogP) is 2.95. The average Bonchev–Trinajstić information content (AvgIpc) is 2.90. The first-order chi connectivity index (χ1) is 10.2. The van der Waals surface area contributed by atoms with E-state index in [1.807, 2.05) is 29.9 Å². The molecule has 0 bridgehead atoms. The van der Waals surface area contributed by atoms with Crippen LogP contribution in [0.25, 0.3) is 11.4 Å². The second-order valence-corrected chi connectivity index (χ2v) is 6.11. The van der Waals surface area contributed by atoms with Crippen LogP contribution in [-0.2, 0) is 13.5 Å². The van der Waals surface area contributed by atoms with Crippen molar-refractivity contribution in [3.8, 4) is 11.4 Å². The first-order valence-electron chi connectivity index (χ1n) is 7.87. The molecule has 21 heavy (non-hydrogen) atoms. The molecule has 0 unspecified atom stereocenters. The highest BCUT2D eigenvalue weighted by atomic mass is 15.3. The quantitative estimate of drug-likeness (QED) is 0.938. The zero-order valence-corrected chi connectivity index (χ0v) is 13.0. The molecule has 0 spiro atoms. The molecule has 2 aromatic rings. The molecule has 1 N–H and O–H groups in total. The Kier molecular flexibility index (Phi) is 4.06. The second-order valence-electron chi connectivity index (χ2n) is 6.11. The molecule has 0 atom stereocenters. The van der Waals surface area contributed by atoms with E-state index in [0.29, 0.717) is 0 Å². The number of nitrogens with one attached hydrogen (secondary N) is 1. The SMILES string of the molecule is CNC1(Cc2nc(-c3ccccc3)nn2C)CCCCC1. The van der Waals surface area contributed by atoms with Crippen LogP contribution >= 0.6 is 0 Å². The summed E-state index contributed by atoms with van der Waals surface area (Å²) in [4.78, 5) is 4.78. The van der Waals surface area contributed by atoms with Gasteiger partial charge in [0, 0.05) is 24.6 Å². The molecular weight excluding hydrogens is 260 g/mol. The number of aryl methyl sites for hydroxylation is 1. The third kappa shape index (κ3) is 3.00. The normalized spacial score (nSPS) is 17.8. The van der Waals surface area contributed by atoms with Gasteiger partial charge >= 0.3 is 0 Å². The number of benzene rings is 1. The Morgan fingerprint density at radius 2 is 1.86 bits per heavy atom. The van der Waals surface area contributed by atoms with Crippen LogP contribution in [-0.4, -0.2) is 27.4 Å². The van der Waals surface area contributed by atoms with E-state index < -0.39 is 0 Å². The molecule has 0 aliphatic heterocycles. The lowest BCUT2D eigenvalue weighted by Gasteiger charge is -2.36. The van der Waals surface area contributed by atoms with E-state index in [0.717, 1.165) is 23.6 Å². The molecule has 3 rings (SSSR count). The van der Waals surface area contributed by atoms with Gasteiger partial charge in [-0.1, -0.05) is 49.6 Å². The number of likely N-dealkylation sites (N-methyl/N-ethyl adjacent to an activating group) is 1. The third-order valence-corrected chi connectivity index (χ3v) is 4.72. The molecule has 1 aliphatic carbocycles. The Labute approximate surface area is 126 Å². The molecule has 1 aromatic carbocycles. The summed E-state index contributed by atoms with van der Waals surface area (Å²) in [6.45, 7) is 0. The lowest BCUT2D eigenvalue weighted by Crippen LogP contribution is -2.47. The van der Waals surface area contributed by atoms with Crippen LogP contribution < -0.4 is 5.32 Å². The first kappa shape index (κ1) is 14.3. The molecule has 4 heteroatoms. The number of hydrogen-bond donors (Lipinski definition) is 1. The monoisotopic (exact) mass is 284 g/mol. The van der Waals surface area contributed by atoms with E-state index in [-0.39, 0.29) is 5.54 Å². The van der Waals surface area contributed by atoms with Crippen LogP contribution in [0.15, 0.2) is 30.3 Å². The summed E-state index contributed by atoms with van der Waals surface area (Å²) in [5, 5.41) is 8.15. The van der Waals surface area contributed by atoms with Crippen LogP contribution in [0, 0.1) is 0 Å². The second kappa shape index (κ2) is 5.98. The molecule has 0 amide bonds. The van der Waals surface area contributed by atoms with E-state index in [9.17, 15) is 0 Å². The zero-order valence-electron chi connectivity index (χ0n) is 13.0. The van der Waals surface area contributed by atoms with E-state index in [1.54, 1.807) is 0 Å². The van der Waals surface area contributed by atoms with Crippen LogP contribution in [0.2, 0.25) is 0 Å². The molecule has 1 aromatic heterocycles. The Bertz CT molecular complexity index is 582. The summed E-state index contributed by atoms with van der Waals surface area (Å²) in [6, 6.07) is 10.2. The number of nitrogens with zero attached hydrogens (tertiary/aromatic N) is 3. The maximum Gasteiger partial charge on any atom is 0.181 e. The van der Waals surface area contributed by atoms with Crippen LogP contribution in [0.3, 0.4) is 0 Å². The summed E-state index contributed by atoms with van der Waals surface area (Å²) in [5.41, 5.74) is 1.29. The highest BCUT2D eigenvalue weighted by Gasteiger charge is 2.32. The first-order valence-corrected chi connectivity index (χ1v) is 7.87. The van der Waals surface area contributed by atoms with Gasteiger partial charge in [0.2, 0.25) is 0 Å². The van der Waals surface area contributed by atoms with Gasteiger partial charge in [0.1, 0.15) is 5.82 Å². The zero-order chi connectivity index (χ0) is 14.7. The van der Waals surface area contributed by atoms with E-state index in [2.05, 4.69) is 29.6 Å². The topological polar surface area (TPSA) is 42.7 Å². The largest absolute Gasteiger partial charge is 0.314 e. The molecule has 1 heterocycles. The smallest absolute Gasteiger partial charge is 0.181 e. The maximum atomic E-state index is 4.78. The van der Waals surface area contributed by atoms with Crippen molar-refractivity contribution in [3.05, 3.63) is 36.2 Å². The van der Waals surface area contributed by atoms with Gasteiger partial charge in [0.15, 0.2) is 5.82 Å². The minimum absolute atomic E-state index is 0.201. The minimum atomic E-state index is 0.201. The van der Waals surface area contributed by atoms with Gasteiger partial charge in [-0.2, -0.15) is 5.10 Å². The van der Waals surface area contributed by atoms with Gasteiger partial charge in [-0.25, -0.2) is 4.98 Å². The molecule has 0 saturated heterocycles. The number of aromatic nitrogens is 3. The summed E-state index contributed by atoms with van der Waals surface area (Å²) < 4.78 is 1.94. The van der Waals surface area contributed by atoms with Crippen molar-refractivity contribution in [1.29, 1.82) is 0 Å². The van der Waals surface area contributed by atoms with Gasteiger partial charge in [0.05, 0.1) is 0 Å². The Hall–Kier alpha value is -1.68. The van der Waals surface area contributed by atoms with Gasteiger partial charge in [-0.3, -0.25) is 4.68 Å². The third-order valence-electron chi connectivity index (χ3n) is 4.72. The van der Waals surface area contributed by atoms with E-state index in [4.69, 9.17) is 4.98 Å². The van der Waals surface area contributed by atoms with E-state index >= 15 is 0 Å². The molecule has 1 fully saturated rings. The summed E-state index contributed by atoms with van der Waals surface area (Å²) in [7, 11) is 4.08. The molecule has 1 saturated carbocycles. The Balaban J connectivity index is 1.84. The average molecular weight is 284 g/mol. The van der Waals surface area contributed by atoms with Crippen molar-refractivity contribution in [1.82, 2.24) is 20.1 Å². The lowest BCUT2D eigenvalue weighted by molar-refractivity contribution is 0.239. The molecule has 4 nitrogen and oxygen atoms in total. The Morgan fingerprint density at radius 3 is 2.52 bits per heavy atom. The van der Waals surface area contributed by atoms with Crippen molar-refractivity contribution >= 4 is 0 Å². The van der Waals surface area contributed by atoms with Crippen LogP contribution in [0.1, 0.15) is 37.9 Å². The molecule has 0 radical (unpaired) electrons. The summed E-state index contributed by atoms with van der Waals surface area (Å²) in [5.74, 6) is 1.90. The van der Waals surface area contributed by atoms with Crippen molar-refractivity contribution in [3.63, 3.8) is 0 Å². The van der Waals surface area contributed by atoms with Gasteiger partial charge in [-0.15, -0.1) is 0 Å². The maximum absolute atomic E-state index is 4.78. The highest BCUT2D eigenvalue weighted by Crippen LogP contribution is 2.31. The van der Waals surface area contributed by atoms with E-state index in [1.165, 1.54) is 32.1 Å². The minimum Gasteiger partial charge on any atom is -0.314 e. The van der Waals surface area contributed by atoms with Gasteiger partial charge in [-0.05, 0) is 19.9 Å². The van der Waals surface area contributed by atoms with Crippen LogP contribution in [0.5, 0.6) is 0 Å². The molecular formula is C17H24N4. The lowest BCUT2D eigenvalue weighted by atomic mass is 9.79. The van der Waals surface area contributed by atoms with Crippen LogP contribution in [0.4, 0.5) is 0 Å². The van der Waals surface area contributed by atoms with Gasteiger partial charge in [0.25, 0.3) is 0 Å². The predicted molar refractivity (Wildman–Crippen MR) is 85.0 cm³/mol. The summed E-state index contributed by atoms with van der Waals surface area (Å²) >= 11 is 0. The van der Waals surface area contributed by atoms with Crippen molar-refractivity contribution in [2.75, 3.05) is 7.05 Å². The number of hydrogen-bond acceptors (Lipinski definition) is 3. The van der Waals surface area contributed by atoms with Crippen molar-refractivity contribution in [2.45, 2.75) is 44.1 Å². The van der Waals surface area contributed by atoms with Crippen molar-refractivity contribution in [2.24, 2.45) is 7.05 Å². The van der Waals surface area contributed by atoms with Gasteiger partial charge < -0.3 is 5.32 Å². The molecule has 1 aliphatic rings. The number of rotatable bonds is 4. The fraction of sp³-hybridized carbons (Fsp3) is 0.529. The highest BCUT2D eigenvalue weighted by molar-refractivity contribution is 5.54. The van der Waals surface area contributed by atoms with Crippen molar-refractivity contribution < 1.29 is 0 Å². The Morgan fingerprint density at radius 1 is 1.14 bits per heavy atom. The standard InChI is InChI=1S/C17H24N4/c1-18-17(11-7-4-8-12-17)13-15-19-16(20-21(15)2)14-9-5-3-6-10-14/h3,5-6,9-10,18H,4,7-8,11-13H2,1-2H3. The summed E-state index contributed by atoms with van der Waals surface area (Å²) in [6.07, 6.45) is 7.40. The molecule has 112 valence electrons. The fourth-order valence-corrected chi connectivity index (χ4v) is 3.33.